The summed E-state index contributed by atoms with van der Waals surface area (Å²) in [6.45, 7) is 7.59. The van der Waals surface area contributed by atoms with E-state index in [0.29, 0.717) is 60.0 Å². The van der Waals surface area contributed by atoms with Gasteiger partial charge in [-0.25, -0.2) is 9.97 Å². The van der Waals surface area contributed by atoms with Crippen LogP contribution in [0.25, 0.3) is 11.2 Å². The lowest BCUT2D eigenvalue weighted by atomic mass is 10.2. The number of methoxy groups -OCH3 is 1. The standard InChI is InChI=1S/C23H30N6O3/c1-5-28(15(2)3)22(31)17-13-19-20(25-14-17)29(10-7-11-32-4)23(26-19)27-21(30)16-8-6-9-18(24)12-16/h6,8-9,12-15H,5,7,10-11,24H2,1-4H3,(H,26,27,30). The number of rotatable bonds is 9. The molecule has 1 aromatic carbocycles. The molecule has 0 aliphatic heterocycles. The van der Waals surface area contributed by atoms with E-state index in [9.17, 15) is 9.59 Å². The number of hydrogen-bond donors (Lipinski definition) is 2. The number of aryl methyl sites for hydroxylation is 1. The predicted molar refractivity (Wildman–Crippen MR) is 125 cm³/mol. The van der Waals surface area contributed by atoms with Crippen molar-refractivity contribution in [3.63, 3.8) is 0 Å². The smallest absolute Gasteiger partial charge is 0.258 e. The molecule has 0 aliphatic carbocycles. The first-order valence-electron chi connectivity index (χ1n) is 10.7. The van der Waals surface area contributed by atoms with Gasteiger partial charge in [-0.2, -0.15) is 0 Å². The number of nitrogen functional groups attached to an aromatic ring is 1. The van der Waals surface area contributed by atoms with Gasteiger partial charge in [-0.15, -0.1) is 0 Å². The summed E-state index contributed by atoms with van der Waals surface area (Å²) in [6.07, 6.45) is 2.27. The number of nitrogens with one attached hydrogen (secondary N) is 1. The minimum atomic E-state index is -0.325. The van der Waals surface area contributed by atoms with Crippen LogP contribution in [0.15, 0.2) is 36.5 Å². The van der Waals surface area contributed by atoms with Gasteiger partial charge >= 0.3 is 0 Å². The van der Waals surface area contributed by atoms with Crippen LogP contribution < -0.4 is 11.1 Å². The number of aromatic nitrogens is 3. The van der Waals surface area contributed by atoms with Gasteiger partial charge in [0.1, 0.15) is 5.52 Å². The van der Waals surface area contributed by atoms with E-state index in [-0.39, 0.29) is 17.9 Å². The normalized spacial score (nSPS) is 11.2. The molecular formula is C23H30N6O3. The molecule has 2 aromatic heterocycles. The molecule has 0 spiro atoms. The number of ether oxygens (including phenoxy) is 1. The fraction of sp³-hybridized carbons (Fsp3) is 0.391. The number of nitrogens with zero attached hydrogens (tertiary/aromatic N) is 4. The second-order valence-corrected chi connectivity index (χ2v) is 7.76. The van der Waals surface area contributed by atoms with Crippen molar-refractivity contribution in [2.45, 2.75) is 39.8 Å². The van der Waals surface area contributed by atoms with E-state index < -0.39 is 0 Å². The van der Waals surface area contributed by atoms with Crippen molar-refractivity contribution in [2.24, 2.45) is 0 Å². The van der Waals surface area contributed by atoms with Gasteiger partial charge in [0.15, 0.2) is 5.65 Å². The van der Waals surface area contributed by atoms with Crippen molar-refractivity contribution in [3.8, 4) is 0 Å². The van der Waals surface area contributed by atoms with Gasteiger partial charge in [0.2, 0.25) is 5.95 Å². The topological polar surface area (TPSA) is 115 Å². The molecule has 3 aromatic rings. The maximum absolute atomic E-state index is 12.9. The Balaban J connectivity index is 1.97. The molecular weight excluding hydrogens is 408 g/mol. The molecule has 9 nitrogen and oxygen atoms in total. The third-order valence-corrected chi connectivity index (χ3v) is 5.16. The first-order valence-corrected chi connectivity index (χ1v) is 10.7. The summed E-state index contributed by atoms with van der Waals surface area (Å²) >= 11 is 0. The Labute approximate surface area is 187 Å². The number of benzene rings is 1. The number of hydrogen-bond acceptors (Lipinski definition) is 6. The van der Waals surface area contributed by atoms with E-state index in [0.717, 1.165) is 0 Å². The van der Waals surface area contributed by atoms with Crippen LogP contribution in [0, 0.1) is 0 Å². The molecule has 0 saturated heterocycles. The Morgan fingerprint density at radius 3 is 2.69 bits per heavy atom. The zero-order valence-electron chi connectivity index (χ0n) is 19.0. The van der Waals surface area contributed by atoms with Crippen LogP contribution in [0.3, 0.4) is 0 Å². The molecule has 9 heteroatoms. The van der Waals surface area contributed by atoms with Gasteiger partial charge < -0.3 is 15.4 Å². The summed E-state index contributed by atoms with van der Waals surface area (Å²) in [6, 6.07) is 8.52. The van der Waals surface area contributed by atoms with Crippen LogP contribution >= 0.6 is 0 Å². The summed E-state index contributed by atoms with van der Waals surface area (Å²) in [7, 11) is 1.64. The third kappa shape index (κ3) is 5.05. The zero-order chi connectivity index (χ0) is 23.3. The van der Waals surface area contributed by atoms with Crippen molar-refractivity contribution < 1.29 is 14.3 Å². The van der Waals surface area contributed by atoms with Crippen LogP contribution in [0.4, 0.5) is 11.6 Å². The van der Waals surface area contributed by atoms with Gasteiger partial charge in [0.05, 0.1) is 5.56 Å². The summed E-state index contributed by atoms with van der Waals surface area (Å²) in [4.78, 5) is 36.5. The monoisotopic (exact) mass is 438 g/mol. The van der Waals surface area contributed by atoms with E-state index in [1.807, 2.05) is 25.3 Å². The molecule has 32 heavy (non-hydrogen) atoms. The molecule has 0 saturated carbocycles. The lowest BCUT2D eigenvalue weighted by Gasteiger charge is -2.25. The molecule has 0 bridgehead atoms. The fourth-order valence-corrected chi connectivity index (χ4v) is 3.56. The molecule has 0 radical (unpaired) electrons. The van der Waals surface area contributed by atoms with Crippen molar-refractivity contribution in [3.05, 3.63) is 47.7 Å². The maximum atomic E-state index is 12.9. The summed E-state index contributed by atoms with van der Waals surface area (Å²) < 4.78 is 6.99. The first kappa shape index (κ1) is 23.2. The fourth-order valence-electron chi connectivity index (χ4n) is 3.56. The van der Waals surface area contributed by atoms with Crippen LogP contribution in [0.5, 0.6) is 0 Å². The molecule has 0 atom stereocenters. The second kappa shape index (κ2) is 10.2. The molecule has 3 rings (SSSR count). The Morgan fingerprint density at radius 2 is 2.03 bits per heavy atom. The van der Waals surface area contributed by atoms with Crippen molar-refractivity contribution in [1.82, 2.24) is 19.4 Å². The third-order valence-electron chi connectivity index (χ3n) is 5.16. The minimum Gasteiger partial charge on any atom is -0.399 e. The number of imidazole rings is 1. The molecule has 3 N–H and O–H groups in total. The number of amides is 2. The molecule has 2 amide bonds. The molecule has 0 aliphatic rings. The number of fused-ring (bicyclic) bond motifs is 1. The average Bonchev–Trinajstić information content (AvgIpc) is 3.10. The second-order valence-electron chi connectivity index (χ2n) is 7.76. The number of pyridine rings is 1. The van der Waals surface area contributed by atoms with Crippen molar-refractivity contribution >= 4 is 34.6 Å². The zero-order valence-corrected chi connectivity index (χ0v) is 19.0. The molecule has 0 unspecified atom stereocenters. The summed E-state index contributed by atoms with van der Waals surface area (Å²) in [5.74, 6) is -0.0677. The van der Waals surface area contributed by atoms with Crippen LogP contribution in [-0.2, 0) is 11.3 Å². The van der Waals surface area contributed by atoms with E-state index >= 15 is 0 Å². The number of carbonyl (C=O) groups excluding carboxylic acids is 2. The molecule has 2 heterocycles. The summed E-state index contributed by atoms with van der Waals surface area (Å²) in [5, 5.41) is 2.85. The average molecular weight is 439 g/mol. The predicted octanol–water partition coefficient (Wildman–Crippen LogP) is 3.17. The highest BCUT2D eigenvalue weighted by Gasteiger charge is 2.21. The van der Waals surface area contributed by atoms with Gasteiger partial charge in [-0.05, 0) is 51.5 Å². The van der Waals surface area contributed by atoms with Crippen LogP contribution in [0.2, 0.25) is 0 Å². The van der Waals surface area contributed by atoms with Crippen LogP contribution in [-0.4, -0.2) is 57.6 Å². The highest BCUT2D eigenvalue weighted by atomic mass is 16.5. The first-order chi connectivity index (χ1) is 15.3. The highest BCUT2D eigenvalue weighted by molar-refractivity contribution is 6.04. The lowest BCUT2D eigenvalue weighted by Crippen LogP contribution is -2.36. The lowest BCUT2D eigenvalue weighted by molar-refractivity contribution is 0.0716. The Kier molecular flexibility index (Phi) is 7.42. The van der Waals surface area contributed by atoms with Gasteiger partial charge in [-0.1, -0.05) is 6.07 Å². The largest absolute Gasteiger partial charge is 0.399 e. The molecule has 0 fully saturated rings. The Hall–Kier alpha value is -3.46. The van der Waals surface area contributed by atoms with Crippen molar-refractivity contribution in [1.29, 1.82) is 0 Å². The highest BCUT2D eigenvalue weighted by Crippen LogP contribution is 2.21. The van der Waals surface area contributed by atoms with Crippen LogP contribution in [0.1, 0.15) is 47.9 Å². The van der Waals surface area contributed by atoms with E-state index in [4.69, 9.17) is 10.5 Å². The Morgan fingerprint density at radius 1 is 1.25 bits per heavy atom. The van der Waals surface area contributed by atoms with E-state index in [2.05, 4.69) is 15.3 Å². The van der Waals surface area contributed by atoms with Crippen molar-refractivity contribution in [2.75, 3.05) is 31.3 Å². The van der Waals surface area contributed by atoms with E-state index in [1.165, 1.54) is 0 Å². The maximum Gasteiger partial charge on any atom is 0.258 e. The van der Waals surface area contributed by atoms with Gasteiger partial charge in [0, 0.05) is 50.3 Å². The summed E-state index contributed by atoms with van der Waals surface area (Å²) in [5.41, 5.74) is 8.33. The SMILES string of the molecule is CCN(C(=O)c1cnc2c(c1)nc(NC(=O)c1cccc(N)c1)n2CCCOC)C(C)C. The van der Waals surface area contributed by atoms with Gasteiger partial charge in [-0.3, -0.25) is 19.5 Å². The van der Waals surface area contributed by atoms with Gasteiger partial charge in [0.25, 0.3) is 11.8 Å². The quantitative estimate of drug-likeness (QED) is 0.392. The molecule has 170 valence electrons. The minimum absolute atomic E-state index is 0.0722. The number of nitrogens with two attached hydrogens (primary N) is 1. The number of anilines is 2. The number of carbonyl (C=O) groups is 2. The Bertz CT molecular complexity index is 1110. The van der Waals surface area contributed by atoms with E-state index in [1.54, 1.807) is 48.5 Å².